The van der Waals surface area contributed by atoms with Crippen LogP contribution in [-0.2, 0) is 14.6 Å². The van der Waals surface area contributed by atoms with Gasteiger partial charge in [0.05, 0.1) is 10.5 Å². The molecule has 2 rings (SSSR count). The maximum Gasteiger partial charge on any atom is 0.260 e. The highest BCUT2D eigenvalue weighted by molar-refractivity contribution is 7.92. The van der Waals surface area contributed by atoms with Gasteiger partial charge in [0.25, 0.3) is 5.91 Å². The number of piperidine rings is 1. The average Bonchev–Trinajstić information content (AvgIpc) is 2.54. The second-order valence-electron chi connectivity index (χ2n) is 5.96. The Hall–Kier alpha value is -1.27. The predicted octanol–water partition coefficient (Wildman–Crippen LogP) is 2.53. The van der Waals surface area contributed by atoms with E-state index in [0.29, 0.717) is 36.7 Å². The molecule has 0 atom stereocenters. The number of ether oxygens (including phenoxy) is 1. The molecular formula is C16H22ClNO4S. The molecule has 23 heavy (non-hydrogen) atoms. The highest BCUT2D eigenvalue weighted by Gasteiger charge is 2.33. The van der Waals surface area contributed by atoms with Crippen LogP contribution in [0.1, 0.15) is 26.7 Å². The van der Waals surface area contributed by atoms with Crippen LogP contribution in [0.5, 0.6) is 5.75 Å². The number of sulfone groups is 1. The van der Waals surface area contributed by atoms with Crippen LogP contribution in [0.15, 0.2) is 24.3 Å². The molecule has 0 unspecified atom stereocenters. The third kappa shape index (κ3) is 4.61. The van der Waals surface area contributed by atoms with E-state index < -0.39 is 9.84 Å². The highest BCUT2D eigenvalue weighted by Crippen LogP contribution is 2.22. The first-order chi connectivity index (χ1) is 10.8. The molecule has 0 bridgehead atoms. The number of hydrogen-bond acceptors (Lipinski definition) is 4. The Morgan fingerprint density at radius 2 is 1.83 bits per heavy atom. The van der Waals surface area contributed by atoms with Crippen molar-refractivity contribution in [1.29, 1.82) is 0 Å². The first-order valence-corrected chi connectivity index (χ1v) is 9.68. The number of halogens is 1. The van der Waals surface area contributed by atoms with Gasteiger partial charge in [-0.05, 0) is 51.0 Å². The summed E-state index contributed by atoms with van der Waals surface area (Å²) in [4.78, 5) is 13.8. The summed E-state index contributed by atoms with van der Waals surface area (Å²) in [6.07, 6.45) is 0.987. The van der Waals surface area contributed by atoms with Gasteiger partial charge in [0.15, 0.2) is 16.4 Å². The van der Waals surface area contributed by atoms with Crippen molar-refractivity contribution in [3.8, 4) is 5.75 Å². The number of benzene rings is 1. The molecule has 7 heteroatoms. The van der Waals surface area contributed by atoms with E-state index in [-0.39, 0.29) is 23.0 Å². The fourth-order valence-electron chi connectivity index (χ4n) is 2.59. The molecule has 1 aliphatic heterocycles. The molecular weight excluding hydrogens is 338 g/mol. The van der Waals surface area contributed by atoms with Crippen LogP contribution >= 0.6 is 11.6 Å². The van der Waals surface area contributed by atoms with Crippen molar-refractivity contribution in [2.75, 3.05) is 19.7 Å². The number of likely N-dealkylation sites (tertiary alicyclic amines) is 1. The van der Waals surface area contributed by atoms with E-state index in [2.05, 4.69) is 0 Å². The van der Waals surface area contributed by atoms with Gasteiger partial charge in [0, 0.05) is 18.1 Å². The molecule has 1 heterocycles. The Balaban J connectivity index is 1.83. The van der Waals surface area contributed by atoms with E-state index in [0.717, 1.165) is 0 Å². The zero-order valence-corrected chi connectivity index (χ0v) is 14.9. The number of carbonyl (C=O) groups is 1. The fourth-order valence-corrected chi connectivity index (χ4v) is 4.35. The summed E-state index contributed by atoms with van der Waals surface area (Å²) < 4.78 is 29.8. The Labute approximate surface area is 142 Å². The standard InChI is InChI=1S/C16H22ClNO4S/c1-12(2)23(20,21)15-7-9-18(10-8-15)16(19)11-22-14-5-3-13(17)4-6-14/h3-6,12,15H,7-11H2,1-2H3. The lowest BCUT2D eigenvalue weighted by Crippen LogP contribution is -2.45. The normalized spacial score (nSPS) is 16.6. The van der Waals surface area contributed by atoms with E-state index >= 15 is 0 Å². The van der Waals surface area contributed by atoms with E-state index in [1.807, 2.05) is 0 Å². The molecule has 5 nitrogen and oxygen atoms in total. The van der Waals surface area contributed by atoms with Crippen LogP contribution in [-0.4, -0.2) is 49.4 Å². The van der Waals surface area contributed by atoms with Crippen molar-refractivity contribution in [1.82, 2.24) is 4.90 Å². The van der Waals surface area contributed by atoms with Crippen LogP contribution in [0, 0.1) is 0 Å². The lowest BCUT2D eigenvalue weighted by Gasteiger charge is -2.32. The molecule has 1 aliphatic rings. The molecule has 1 amide bonds. The van der Waals surface area contributed by atoms with Gasteiger partial charge in [-0.15, -0.1) is 0 Å². The van der Waals surface area contributed by atoms with Crippen molar-refractivity contribution >= 4 is 27.3 Å². The summed E-state index contributed by atoms with van der Waals surface area (Å²) >= 11 is 5.79. The summed E-state index contributed by atoms with van der Waals surface area (Å²) in [6.45, 7) is 4.27. The van der Waals surface area contributed by atoms with Gasteiger partial charge in [-0.3, -0.25) is 4.79 Å². The van der Waals surface area contributed by atoms with Crippen LogP contribution in [0.3, 0.4) is 0 Å². The first-order valence-electron chi connectivity index (χ1n) is 7.69. The van der Waals surface area contributed by atoms with E-state index in [1.54, 1.807) is 43.0 Å². The number of carbonyl (C=O) groups excluding carboxylic acids is 1. The van der Waals surface area contributed by atoms with Gasteiger partial charge in [-0.25, -0.2) is 8.42 Å². The van der Waals surface area contributed by atoms with Gasteiger partial charge < -0.3 is 9.64 Å². The maximum absolute atomic E-state index is 12.2. The Morgan fingerprint density at radius 1 is 1.26 bits per heavy atom. The summed E-state index contributed by atoms with van der Waals surface area (Å²) in [6, 6.07) is 6.81. The quantitative estimate of drug-likeness (QED) is 0.810. The zero-order valence-electron chi connectivity index (χ0n) is 13.4. The number of nitrogens with zero attached hydrogens (tertiary/aromatic N) is 1. The van der Waals surface area contributed by atoms with Crippen molar-refractivity contribution in [3.05, 3.63) is 29.3 Å². The van der Waals surface area contributed by atoms with Crippen LogP contribution < -0.4 is 4.74 Å². The molecule has 0 spiro atoms. The topological polar surface area (TPSA) is 63.7 Å². The minimum Gasteiger partial charge on any atom is -0.484 e. The predicted molar refractivity (Wildman–Crippen MR) is 90.6 cm³/mol. The van der Waals surface area contributed by atoms with E-state index in [9.17, 15) is 13.2 Å². The zero-order chi connectivity index (χ0) is 17.0. The lowest BCUT2D eigenvalue weighted by molar-refractivity contribution is -0.134. The lowest BCUT2D eigenvalue weighted by atomic mass is 10.1. The molecule has 0 saturated carbocycles. The molecule has 1 saturated heterocycles. The van der Waals surface area contributed by atoms with Crippen molar-refractivity contribution in [2.45, 2.75) is 37.2 Å². The Morgan fingerprint density at radius 3 is 2.35 bits per heavy atom. The van der Waals surface area contributed by atoms with Crippen LogP contribution in [0.4, 0.5) is 0 Å². The fraction of sp³-hybridized carbons (Fsp3) is 0.562. The van der Waals surface area contributed by atoms with Gasteiger partial charge in [0.1, 0.15) is 5.75 Å². The second kappa shape index (κ2) is 7.53. The first kappa shape index (κ1) is 18.1. The second-order valence-corrected chi connectivity index (χ2v) is 9.18. The summed E-state index contributed by atoms with van der Waals surface area (Å²) in [5.41, 5.74) is 0. The van der Waals surface area contributed by atoms with Gasteiger partial charge in [-0.1, -0.05) is 11.6 Å². The minimum atomic E-state index is -3.09. The van der Waals surface area contributed by atoms with Crippen molar-refractivity contribution in [2.24, 2.45) is 0 Å². The van der Waals surface area contributed by atoms with Crippen LogP contribution in [0.25, 0.3) is 0 Å². The van der Waals surface area contributed by atoms with Gasteiger partial charge in [0.2, 0.25) is 0 Å². The molecule has 1 aromatic rings. The van der Waals surface area contributed by atoms with E-state index in [1.165, 1.54) is 0 Å². The molecule has 0 aliphatic carbocycles. The Bertz CT molecular complexity index is 635. The number of hydrogen-bond donors (Lipinski definition) is 0. The van der Waals surface area contributed by atoms with Gasteiger partial charge in [-0.2, -0.15) is 0 Å². The summed E-state index contributed by atoms with van der Waals surface area (Å²) in [5.74, 6) is 0.459. The Kier molecular flexibility index (Phi) is 5.92. The molecule has 1 aromatic carbocycles. The van der Waals surface area contributed by atoms with Crippen LogP contribution in [0.2, 0.25) is 5.02 Å². The highest BCUT2D eigenvalue weighted by atomic mass is 35.5. The average molecular weight is 360 g/mol. The third-order valence-electron chi connectivity index (χ3n) is 4.09. The van der Waals surface area contributed by atoms with Gasteiger partial charge >= 0.3 is 0 Å². The summed E-state index contributed by atoms with van der Waals surface area (Å²) in [7, 11) is -3.09. The molecule has 0 N–H and O–H groups in total. The smallest absolute Gasteiger partial charge is 0.260 e. The number of rotatable bonds is 5. The largest absolute Gasteiger partial charge is 0.484 e. The van der Waals surface area contributed by atoms with E-state index in [4.69, 9.17) is 16.3 Å². The number of amides is 1. The maximum atomic E-state index is 12.2. The third-order valence-corrected chi connectivity index (χ3v) is 7.06. The molecule has 0 radical (unpaired) electrons. The monoisotopic (exact) mass is 359 g/mol. The molecule has 1 fully saturated rings. The molecule has 0 aromatic heterocycles. The van der Waals surface area contributed by atoms with Crippen molar-refractivity contribution in [3.63, 3.8) is 0 Å². The SMILES string of the molecule is CC(C)S(=O)(=O)C1CCN(C(=O)COc2ccc(Cl)cc2)CC1. The summed E-state index contributed by atoms with van der Waals surface area (Å²) in [5, 5.41) is -0.108. The van der Waals surface area contributed by atoms with Crippen molar-refractivity contribution < 1.29 is 17.9 Å². The minimum absolute atomic E-state index is 0.0524. The molecule has 128 valence electrons.